The van der Waals surface area contributed by atoms with E-state index in [-0.39, 0.29) is 30.3 Å². The van der Waals surface area contributed by atoms with Gasteiger partial charge in [0.2, 0.25) is 21.8 Å². The molecule has 0 aliphatic rings. The Morgan fingerprint density at radius 1 is 0.929 bits per heavy atom. The van der Waals surface area contributed by atoms with Gasteiger partial charge in [-0.2, -0.15) is 0 Å². The molecular weight excluding hydrogens is 578 g/mol. The van der Waals surface area contributed by atoms with Crippen LogP contribution in [0.1, 0.15) is 31.9 Å². The zero-order chi connectivity index (χ0) is 31.1. The van der Waals surface area contributed by atoms with Gasteiger partial charge in [-0.3, -0.25) is 13.9 Å². The van der Waals surface area contributed by atoms with Gasteiger partial charge in [0.25, 0.3) is 0 Å². The van der Waals surface area contributed by atoms with E-state index in [4.69, 9.17) is 21.1 Å². The SMILES string of the molecule is COc1ccc(N(CC(=O)N(Cc2cccc(Cl)c2)C(Cc2ccccc2)C(=O)NC(C)(C)C)S(C)(=O)=O)c(OC)c1. The van der Waals surface area contributed by atoms with Crippen molar-refractivity contribution in [1.29, 1.82) is 0 Å². The normalized spacial score (nSPS) is 12.3. The maximum atomic E-state index is 14.2. The Bertz CT molecular complexity index is 1490. The number of amides is 2. The number of rotatable bonds is 12. The Balaban J connectivity index is 2.11. The summed E-state index contributed by atoms with van der Waals surface area (Å²) >= 11 is 6.25. The molecule has 3 aromatic rings. The number of hydrogen-bond donors (Lipinski definition) is 1. The number of anilines is 1. The van der Waals surface area contributed by atoms with Crippen LogP contribution in [-0.2, 0) is 32.6 Å². The number of halogens is 1. The fourth-order valence-corrected chi connectivity index (χ4v) is 5.49. The summed E-state index contributed by atoms with van der Waals surface area (Å²) in [5, 5.41) is 3.47. The van der Waals surface area contributed by atoms with Crippen LogP contribution in [0.25, 0.3) is 0 Å². The topological polar surface area (TPSA) is 105 Å². The van der Waals surface area contributed by atoms with Crippen molar-refractivity contribution in [2.45, 2.75) is 45.3 Å². The molecule has 0 saturated heterocycles. The van der Waals surface area contributed by atoms with Crippen LogP contribution in [0.4, 0.5) is 5.69 Å². The Kier molecular flexibility index (Phi) is 10.9. The summed E-state index contributed by atoms with van der Waals surface area (Å²) in [6.45, 7) is 5.01. The molecule has 226 valence electrons. The molecule has 9 nitrogen and oxygen atoms in total. The highest BCUT2D eigenvalue weighted by Gasteiger charge is 2.35. The number of sulfonamides is 1. The van der Waals surface area contributed by atoms with Gasteiger partial charge in [0.15, 0.2) is 0 Å². The number of nitrogens with zero attached hydrogens (tertiary/aromatic N) is 2. The molecule has 11 heteroatoms. The minimum absolute atomic E-state index is 0.0196. The number of carbonyl (C=O) groups is 2. The monoisotopic (exact) mass is 615 g/mol. The molecule has 3 rings (SSSR count). The molecule has 0 fully saturated rings. The average Bonchev–Trinajstić information content (AvgIpc) is 2.92. The highest BCUT2D eigenvalue weighted by Crippen LogP contribution is 2.34. The van der Waals surface area contributed by atoms with Crippen molar-refractivity contribution in [3.8, 4) is 11.5 Å². The van der Waals surface area contributed by atoms with Crippen molar-refractivity contribution in [1.82, 2.24) is 10.2 Å². The van der Waals surface area contributed by atoms with Gasteiger partial charge < -0.3 is 19.7 Å². The summed E-state index contributed by atoms with van der Waals surface area (Å²) in [7, 11) is -1.09. The van der Waals surface area contributed by atoms with E-state index in [2.05, 4.69) is 5.32 Å². The Morgan fingerprint density at radius 2 is 1.60 bits per heavy atom. The minimum Gasteiger partial charge on any atom is -0.497 e. The second-order valence-corrected chi connectivity index (χ2v) is 13.2. The number of carbonyl (C=O) groups excluding carboxylic acids is 2. The molecule has 0 aliphatic heterocycles. The van der Waals surface area contributed by atoms with Crippen molar-refractivity contribution < 1.29 is 27.5 Å². The number of nitrogens with one attached hydrogen (secondary N) is 1. The fourth-order valence-electron chi connectivity index (χ4n) is 4.42. The number of benzene rings is 3. The highest BCUT2D eigenvalue weighted by atomic mass is 35.5. The van der Waals surface area contributed by atoms with E-state index in [1.807, 2.05) is 51.1 Å². The number of ether oxygens (including phenoxy) is 2. The third-order valence-corrected chi connectivity index (χ3v) is 7.71. The van der Waals surface area contributed by atoms with Gasteiger partial charge >= 0.3 is 0 Å². The van der Waals surface area contributed by atoms with Crippen LogP contribution in [0, 0.1) is 0 Å². The smallest absolute Gasteiger partial charge is 0.244 e. The number of methoxy groups -OCH3 is 2. The van der Waals surface area contributed by atoms with Gasteiger partial charge in [-0.25, -0.2) is 8.42 Å². The van der Waals surface area contributed by atoms with Crippen molar-refractivity contribution in [3.05, 3.63) is 88.9 Å². The van der Waals surface area contributed by atoms with Crippen LogP contribution in [0.3, 0.4) is 0 Å². The van der Waals surface area contributed by atoms with E-state index in [1.165, 1.54) is 31.3 Å². The molecule has 0 aromatic heterocycles. The van der Waals surface area contributed by atoms with Crippen molar-refractivity contribution in [2.75, 3.05) is 31.3 Å². The summed E-state index contributed by atoms with van der Waals surface area (Å²) < 4.78 is 37.8. The van der Waals surface area contributed by atoms with E-state index in [9.17, 15) is 18.0 Å². The molecule has 0 saturated carbocycles. The van der Waals surface area contributed by atoms with E-state index in [0.717, 1.165) is 16.1 Å². The molecule has 1 N–H and O–H groups in total. The average molecular weight is 616 g/mol. The molecule has 0 bridgehead atoms. The van der Waals surface area contributed by atoms with E-state index >= 15 is 0 Å². The van der Waals surface area contributed by atoms with Crippen LogP contribution < -0.4 is 19.1 Å². The van der Waals surface area contributed by atoms with Crippen molar-refractivity contribution in [3.63, 3.8) is 0 Å². The van der Waals surface area contributed by atoms with Crippen LogP contribution in [0.15, 0.2) is 72.8 Å². The van der Waals surface area contributed by atoms with Gasteiger partial charge in [-0.05, 0) is 56.2 Å². The van der Waals surface area contributed by atoms with Crippen LogP contribution in [0.2, 0.25) is 5.02 Å². The zero-order valence-electron chi connectivity index (χ0n) is 24.8. The van der Waals surface area contributed by atoms with Crippen molar-refractivity contribution >= 4 is 39.1 Å². The fraction of sp³-hybridized carbons (Fsp3) is 0.355. The lowest BCUT2D eigenvalue weighted by atomic mass is 10.0. The first-order valence-electron chi connectivity index (χ1n) is 13.3. The lowest BCUT2D eigenvalue weighted by Gasteiger charge is -2.35. The first-order valence-corrected chi connectivity index (χ1v) is 15.5. The third kappa shape index (κ3) is 9.12. The molecule has 0 spiro atoms. The van der Waals surface area contributed by atoms with E-state index < -0.39 is 34.1 Å². The van der Waals surface area contributed by atoms with Crippen LogP contribution in [0.5, 0.6) is 11.5 Å². The Hall–Kier alpha value is -3.76. The van der Waals surface area contributed by atoms with Gasteiger partial charge in [-0.1, -0.05) is 54.1 Å². The second-order valence-electron chi connectivity index (χ2n) is 10.9. The maximum Gasteiger partial charge on any atom is 0.244 e. The Morgan fingerprint density at radius 3 is 2.17 bits per heavy atom. The molecule has 1 atom stereocenters. The highest BCUT2D eigenvalue weighted by molar-refractivity contribution is 7.92. The van der Waals surface area contributed by atoms with Crippen LogP contribution in [-0.4, -0.2) is 63.7 Å². The van der Waals surface area contributed by atoms with Gasteiger partial charge in [-0.15, -0.1) is 0 Å². The van der Waals surface area contributed by atoms with Gasteiger partial charge in [0, 0.05) is 29.6 Å². The zero-order valence-corrected chi connectivity index (χ0v) is 26.3. The first kappa shape index (κ1) is 32.8. The lowest BCUT2D eigenvalue weighted by Crippen LogP contribution is -2.56. The second kappa shape index (κ2) is 13.9. The minimum atomic E-state index is -3.97. The van der Waals surface area contributed by atoms with Crippen molar-refractivity contribution in [2.24, 2.45) is 0 Å². The molecule has 0 radical (unpaired) electrons. The molecule has 1 unspecified atom stereocenters. The van der Waals surface area contributed by atoms with Gasteiger partial charge in [0.1, 0.15) is 24.1 Å². The van der Waals surface area contributed by atoms with Gasteiger partial charge in [0.05, 0.1) is 26.2 Å². The largest absolute Gasteiger partial charge is 0.497 e. The molecule has 0 heterocycles. The maximum absolute atomic E-state index is 14.2. The Labute approximate surface area is 253 Å². The summed E-state index contributed by atoms with van der Waals surface area (Å²) in [6, 6.07) is 20.0. The summed E-state index contributed by atoms with van der Waals surface area (Å²) in [6.07, 6.45) is 1.22. The predicted molar refractivity (Wildman–Crippen MR) is 166 cm³/mol. The standard InChI is InChI=1S/C31H38ClN3O6S/c1-31(2,3)33-30(37)27(18-22-11-8-7-9-12-22)34(20-23-13-10-14-24(32)17-23)29(36)21-35(42(6,38)39)26-16-15-25(40-4)19-28(26)41-5/h7-17,19,27H,18,20-21H2,1-6H3,(H,33,37). The summed E-state index contributed by atoms with van der Waals surface area (Å²) in [5.41, 5.74) is 1.11. The predicted octanol–water partition coefficient (Wildman–Crippen LogP) is 4.68. The third-order valence-electron chi connectivity index (χ3n) is 6.35. The summed E-state index contributed by atoms with van der Waals surface area (Å²) in [4.78, 5) is 29.4. The molecule has 3 aromatic carbocycles. The van der Waals surface area contributed by atoms with E-state index in [1.54, 1.807) is 30.3 Å². The van der Waals surface area contributed by atoms with Crippen LogP contribution >= 0.6 is 11.6 Å². The first-order chi connectivity index (χ1) is 19.7. The molecule has 2 amide bonds. The quantitative estimate of drug-likeness (QED) is 0.317. The summed E-state index contributed by atoms with van der Waals surface area (Å²) in [5.74, 6) is -0.280. The lowest BCUT2D eigenvalue weighted by molar-refractivity contribution is -0.140. The molecule has 42 heavy (non-hydrogen) atoms. The number of hydrogen-bond acceptors (Lipinski definition) is 6. The van der Waals surface area contributed by atoms with E-state index in [0.29, 0.717) is 16.3 Å². The molecule has 0 aliphatic carbocycles. The molecular formula is C31H38ClN3O6S.